The monoisotopic (exact) mass is 360 g/mol. The molecule has 0 atom stereocenters. The van der Waals surface area contributed by atoms with Crippen LogP contribution in [0.1, 0.15) is 16.1 Å². The zero-order valence-electron chi connectivity index (χ0n) is 13.7. The highest BCUT2D eigenvalue weighted by Gasteiger charge is 2.21. The second kappa shape index (κ2) is 8.05. The van der Waals surface area contributed by atoms with Gasteiger partial charge in [-0.15, -0.1) is 0 Å². The van der Waals surface area contributed by atoms with Crippen LogP contribution < -0.4 is 4.74 Å². The molecule has 3 aromatic rings. The smallest absolute Gasteiger partial charge is 0.374 e. The second-order valence-corrected chi connectivity index (χ2v) is 5.66. The Hall–Kier alpha value is -2.50. The number of benzene rings is 2. The van der Waals surface area contributed by atoms with Gasteiger partial charge in [0.2, 0.25) is 5.76 Å². The lowest BCUT2D eigenvalue weighted by Gasteiger charge is -2.08. The summed E-state index contributed by atoms with van der Waals surface area (Å²) in [5.41, 5.74) is 1.30. The molecule has 0 aliphatic heterocycles. The fourth-order valence-electron chi connectivity index (χ4n) is 2.46. The van der Waals surface area contributed by atoms with E-state index in [4.69, 9.17) is 30.2 Å². The molecule has 6 heteroatoms. The van der Waals surface area contributed by atoms with Crippen LogP contribution in [0.3, 0.4) is 0 Å². The van der Waals surface area contributed by atoms with E-state index < -0.39 is 5.97 Å². The van der Waals surface area contributed by atoms with E-state index in [9.17, 15) is 4.79 Å². The van der Waals surface area contributed by atoms with Gasteiger partial charge >= 0.3 is 5.97 Å². The molecule has 0 spiro atoms. The number of hydrogen-bond acceptors (Lipinski definition) is 5. The fourth-order valence-corrected chi connectivity index (χ4v) is 2.65. The zero-order chi connectivity index (χ0) is 17.6. The van der Waals surface area contributed by atoms with Crippen LogP contribution in [-0.4, -0.2) is 26.3 Å². The molecular formula is C19H17ClO5. The number of carbonyl (C=O) groups is 1. The van der Waals surface area contributed by atoms with Crippen LogP contribution in [0.25, 0.3) is 11.0 Å². The van der Waals surface area contributed by atoms with Crippen LogP contribution in [-0.2, 0) is 16.1 Å². The molecular weight excluding hydrogens is 344 g/mol. The van der Waals surface area contributed by atoms with Crippen molar-refractivity contribution in [2.45, 2.75) is 6.61 Å². The highest BCUT2D eigenvalue weighted by molar-refractivity contribution is 6.32. The summed E-state index contributed by atoms with van der Waals surface area (Å²) in [6.45, 7) is 0.528. The van der Waals surface area contributed by atoms with Gasteiger partial charge in [0.05, 0.1) is 11.6 Å². The van der Waals surface area contributed by atoms with Crippen LogP contribution >= 0.6 is 11.6 Å². The minimum atomic E-state index is -0.550. The van der Waals surface area contributed by atoms with Crippen molar-refractivity contribution in [3.05, 3.63) is 64.9 Å². The zero-order valence-corrected chi connectivity index (χ0v) is 14.4. The number of ether oxygens (including phenoxy) is 3. The molecule has 0 aliphatic rings. The van der Waals surface area contributed by atoms with Gasteiger partial charge in [0.1, 0.15) is 24.5 Å². The van der Waals surface area contributed by atoms with Crippen molar-refractivity contribution in [2.24, 2.45) is 0 Å². The van der Waals surface area contributed by atoms with Crippen LogP contribution in [0.4, 0.5) is 0 Å². The molecule has 3 rings (SSSR count). The molecule has 1 heterocycles. The van der Waals surface area contributed by atoms with Gasteiger partial charge in [0, 0.05) is 18.1 Å². The van der Waals surface area contributed by atoms with E-state index in [0.29, 0.717) is 21.9 Å². The Morgan fingerprint density at radius 2 is 1.84 bits per heavy atom. The number of halogens is 1. The summed E-state index contributed by atoms with van der Waals surface area (Å²) in [6.07, 6.45) is 0. The lowest BCUT2D eigenvalue weighted by atomic mass is 10.1. The second-order valence-electron chi connectivity index (χ2n) is 5.25. The van der Waals surface area contributed by atoms with Crippen LogP contribution in [0, 0.1) is 0 Å². The highest BCUT2D eigenvalue weighted by atomic mass is 35.5. The van der Waals surface area contributed by atoms with Gasteiger partial charge in [-0.1, -0.05) is 41.9 Å². The van der Waals surface area contributed by atoms with Gasteiger partial charge in [-0.25, -0.2) is 4.79 Å². The molecule has 0 N–H and O–H groups in total. The minimum Gasteiger partial charge on any atom is -0.488 e. The van der Waals surface area contributed by atoms with E-state index in [2.05, 4.69) is 0 Å². The van der Waals surface area contributed by atoms with E-state index in [0.717, 1.165) is 5.39 Å². The SMILES string of the molecule is COCc1c(C(=O)OCCOc2ccccc2Cl)oc2ccccc12. The van der Waals surface area contributed by atoms with Gasteiger partial charge in [0.25, 0.3) is 0 Å². The summed E-state index contributed by atoms with van der Waals surface area (Å²) in [7, 11) is 1.56. The maximum Gasteiger partial charge on any atom is 0.374 e. The van der Waals surface area contributed by atoms with Crippen molar-refractivity contribution in [3.63, 3.8) is 0 Å². The molecule has 0 amide bonds. The van der Waals surface area contributed by atoms with Crippen molar-refractivity contribution in [2.75, 3.05) is 20.3 Å². The first kappa shape index (κ1) is 17.3. The molecule has 0 saturated carbocycles. The third kappa shape index (κ3) is 3.95. The Labute approximate surface area is 150 Å². The number of carbonyl (C=O) groups excluding carboxylic acids is 1. The van der Waals surface area contributed by atoms with Crippen molar-refractivity contribution < 1.29 is 23.4 Å². The summed E-state index contributed by atoms with van der Waals surface area (Å²) < 4.78 is 21.6. The maximum atomic E-state index is 12.3. The molecule has 25 heavy (non-hydrogen) atoms. The van der Waals surface area contributed by atoms with Gasteiger partial charge in [-0.2, -0.15) is 0 Å². The van der Waals surface area contributed by atoms with Crippen LogP contribution in [0.15, 0.2) is 52.9 Å². The minimum absolute atomic E-state index is 0.0769. The molecule has 0 saturated heterocycles. The quantitative estimate of drug-likeness (QED) is 0.459. The number of para-hydroxylation sites is 2. The standard InChI is InChI=1S/C19H17ClO5/c1-22-12-14-13-6-2-4-8-16(13)25-18(14)19(21)24-11-10-23-17-9-5-3-7-15(17)20/h2-9H,10-12H2,1H3. The summed E-state index contributed by atoms with van der Waals surface area (Å²) in [4.78, 5) is 12.3. The summed E-state index contributed by atoms with van der Waals surface area (Å²) in [5, 5.41) is 1.34. The largest absolute Gasteiger partial charge is 0.488 e. The average molecular weight is 361 g/mol. The third-order valence-electron chi connectivity index (χ3n) is 3.58. The molecule has 0 fully saturated rings. The highest BCUT2D eigenvalue weighted by Crippen LogP contribution is 2.27. The summed E-state index contributed by atoms with van der Waals surface area (Å²) in [5.74, 6) is 0.149. The van der Waals surface area contributed by atoms with Gasteiger partial charge < -0.3 is 18.6 Å². The summed E-state index contributed by atoms with van der Waals surface area (Å²) in [6, 6.07) is 14.5. The molecule has 0 bridgehead atoms. The number of rotatable bonds is 7. The number of fused-ring (bicyclic) bond motifs is 1. The molecule has 2 aromatic carbocycles. The molecule has 130 valence electrons. The topological polar surface area (TPSA) is 57.9 Å². The third-order valence-corrected chi connectivity index (χ3v) is 3.90. The van der Waals surface area contributed by atoms with Crippen molar-refractivity contribution in [3.8, 4) is 5.75 Å². The van der Waals surface area contributed by atoms with E-state index in [1.807, 2.05) is 30.3 Å². The molecule has 0 radical (unpaired) electrons. The Kier molecular flexibility index (Phi) is 5.58. The predicted octanol–water partition coefficient (Wildman–Crippen LogP) is 4.47. The molecule has 5 nitrogen and oxygen atoms in total. The van der Waals surface area contributed by atoms with Crippen LogP contribution in [0.2, 0.25) is 5.02 Å². The maximum absolute atomic E-state index is 12.3. The lowest BCUT2D eigenvalue weighted by molar-refractivity contribution is 0.0412. The first-order chi connectivity index (χ1) is 12.2. The van der Waals surface area contributed by atoms with E-state index in [1.165, 1.54) is 0 Å². The van der Waals surface area contributed by atoms with Crippen molar-refractivity contribution >= 4 is 28.5 Å². The van der Waals surface area contributed by atoms with Gasteiger partial charge in [-0.05, 0) is 18.2 Å². The fraction of sp³-hybridized carbons (Fsp3) is 0.211. The van der Waals surface area contributed by atoms with E-state index >= 15 is 0 Å². The Morgan fingerprint density at radius 1 is 1.08 bits per heavy atom. The number of furan rings is 1. The van der Waals surface area contributed by atoms with Gasteiger partial charge in [-0.3, -0.25) is 0 Å². The van der Waals surface area contributed by atoms with Crippen molar-refractivity contribution in [1.82, 2.24) is 0 Å². The molecule has 1 aromatic heterocycles. The molecule has 0 unspecified atom stereocenters. The molecule has 0 aliphatic carbocycles. The lowest BCUT2D eigenvalue weighted by Crippen LogP contribution is -2.13. The van der Waals surface area contributed by atoms with Crippen LogP contribution in [0.5, 0.6) is 5.75 Å². The predicted molar refractivity (Wildman–Crippen MR) is 94.2 cm³/mol. The number of methoxy groups -OCH3 is 1. The normalized spacial score (nSPS) is 10.8. The number of esters is 1. The van der Waals surface area contributed by atoms with E-state index in [1.54, 1.807) is 25.3 Å². The Balaban J connectivity index is 1.64. The van der Waals surface area contributed by atoms with E-state index in [-0.39, 0.29) is 25.6 Å². The first-order valence-electron chi connectivity index (χ1n) is 7.74. The first-order valence-corrected chi connectivity index (χ1v) is 8.12. The Bertz CT molecular complexity index is 871. The summed E-state index contributed by atoms with van der Waals surface area (Å²) >= 11 is 6.00. The Morgan fingerprint density at radius 3 is 2.64 bits per heavy atom. The van der Waals surface area contributed by atoms with Gasteiger partial charge in [0.15, 0.2) is 0 Å². The average Bonchev–Trinajstić information content (AvgIpc) is 2.99. The number of hydrogen-bond donors (Lipinski definition) is 0. The van der Waals surface area contributed by atoms with Crippen molar-refractivity contribution in [1.29, 1.82) is 0 Å².